The van der Waals surface area contributed by atoms with Gasteiger partial charge in [-0.1, -0.05) is 0 Å². The zero-order valence-electron chi connectivity index (χ0n) is 7.12. The molecule has 0 saturated carbocycles. The molecule has 0 radical (unpaired) electrons. The van der Waals surface area contributed by atoms with E-state index in [1.165, 1.54) is 6.33 Å². The lowest BCUT2D eigenvalue weighted by molar-refractivity contribution is 0.848. The minimum Gasteiger partial charge on any atom is -0.340 e. The van der Waals surface area contributed by atoms with Gasteiger partial charge in [-0.3, -0.25) is 0 Å². The fourth-order valence-corrected chi connectivity index (χ4v) is 1.32. The van der Waals surface area contributed by atoms with Crippen LogP contribution in [-0.2, 0) is 0 Å². The molecular formula is C8H6N6. The van der Waals surface area contributed by atoms with E-state index >= 15 is 0 Å². The Bertz CT molecular complexity index is 552. The van der Waals surface area contributed by atoms with Crippen LogP contribution < -0.4 is 0 Å². The van der Waals surface area contributed by atoms with Crippen LogP contribution in [0.5, 0.6) is 0 Å². The van der Waals surface area contributed by atoms with Gasteiger partial charge in [0.15, 0.2) is 11.5 Å². The predicted octanol–water partition coefficient (Wildman–Crippen LogP) is 0.539. The van der Waals surface area contributed by atoms with Gasteiger partial charge in [0.25, 0.3) is 0 Å². The molecule has 0 amide bonds. The monoisotopic (exact) mass is 186 g/mol. The van der Waals surface area contributed by atoms with E-state index in [-0.39, 0.29) is 0 Å². The maximum absolute atomic E-state index is 4.14. The number of nitrogens with zero attached hydrogens (tertiary/aromatic N) is 5. The maximum atomic E-state index is 4.14. The van der Waals surface area contributed by atoms with Crippen molar-refractivity contribution in [2.45, 2.75) is 0 Å². The second-order valence-electron chi connectivity index (χ2n) is 2.75. The number of hydrogen-bond acceptors (Lipinski definition) is 4. The van der Waals surface area contributed by atoms with Gasteiger partial charge in [0.05, 0.1) is 6.33 Å². The largest absolute Gasteiger partial charge is 0.340 e. The summed E-state index contributed by atoms with van der Waals surface area (Å²) in [5, 5.41) is 4.09. The average Bonchev–Trinajstić information content (AvgIpc) is 2.88. The average molecular weight is 186 g/mol. The summed E-state index contributed by atoms with van der Waals surface area (Å²) in [6.45, 7) is 0. The third kappa shape index (κ3) is 0.905. The van der Waals surface area contributed by atoms with E-state index in [1.54, 1.807) is 17.2 Å². The lowest BCUT2D eigenvalue weighted by Gasteiger charge is -1.99. The number of fused-ring (bicyclic) bond motifs is 1. The number of rotatable bonds is 1. The highest BCUT2D eigenvalue weighted by molar-refractivity contribution is 5.77. The minimum absolute atomic E-state index is 0.644. The van der Waals surface area contributed by atoms with Gasteiger partial charge in [0.2, 0.25) is 0 Å². The molecule has 3 rings (SSSR count). The van der Waals surface area contributed by atoms with Gasteiger partial charge in [-0.25, -0.2) is 19.6 Å². The van der Waals surface area contributed by atoms with Gasteiger partial charge < -0.3 is 4.98 Å². The van der Waals surface area contributed by atoms with Crippen molar-refractivity contribution >= 4 is 11.2 Å². The Kier molecular flexibility index (Phi) is 1.35. The SMILES string of the molecule is c1cnn(-c2ncnc3nc[nH]c23)c1. The third-order valence-electron chi connectivity index (χ3n) is 1.92. The summed E-state index contributed by atoms with van der Waals surface area (Å²) in [5.41, 5.74) is 1.43. The number of imidazole rings is 1. The molecule has 0 unspecified atom stereocenters. The Morgan fingerprint density at radius 3 is 3.07 bits per heavy atom. The molecule has 14 heavy (non-hydrogen) atoms. The predicted molar refractivity (Wildman–Crippen MR) is 48.8 cm³/mol. The molecule has 6 nitrogen and oxygen atoms in total. The number of aromatic amines is 1. The molecule has 0 aromatic carbocycles. The number of H-pyrrole nitrogens is 1. The van der Waals surface area contributed by atoms with Crippen LogP contribution in [0.4, 0.5) is 0 Å². The fraction of sp³-hybridized carbons (Fsp3) is 0. The quantitative estimate of drug-likeness (QED) is 0.602. The molecule has 6 heteroatoms. The summed E-state index contributed by atoms with van der Waals surface area (Å²) in [7, 11) is 0. The third-order valence-corrected chi connectivity index (χ3v) is 1.92. The summed E-state index contributed by atoms with van der Waals surface area (Å²) >= 11 is 0. The Morgan fingerprint density at radius 2 is 2.21 bits per heavy atom. The molecule has 1 N–H and O–H groups in total. The summed E-state index contributed by atoms with van der Waals surface area (Å²) < 4.78 is 1.67. The van der Waals surface area contributed by atoms with E-state index in [2.05, 4.69) is 25.0 Å². The first-order chi connectivity index (χ1) is 6.95. The second-order valence-corrected chi connectivity index (χ2v) is 2.75. The highest BCUT2D eigenvalue weighted by Gasteiger charge is 2.06. The lowest BCUT2D eigenvalue weighted by atomic mass is 10.5. The van der Waals surface area contributed by atoms with E-state index < -0.39 is 0 Å². The van der Waals surface area contributed by atoms with E-state index in [1.807, 2.05) is 12.3 Å². The van der Waals surface area contributed by atoms with Crippen LogP contribution in [0.3, 0.4) is 0 Å². The Labute approximate surface area is 78.6 Å². The molecule has 0 aliphatic heterocycles. The van der Waals surface area contributed by atoms with E-state index in [9.17, 15) is 0 Å². The summed E-state index contributed by atoms with van der Waals surface area (Å²) in [4.78, 5) is 15.2. The van der Waals surface area contributed by atoms with Crippen molar-refractivity contribution in [1.82, 2.24) is 29.7 Å². The van der Waals surface area contributed by atoms with Gasteiger partial charge >= 0.3 is 0 Å². The van der Waals surface area contributed by atoms with Crippen LogP contribution >= 0.6 is 0 Å². The zero-order chi connectivity index (χ0) is 9.38. The molecule has 0 spiro atoms. The van der Waals surface area contributed by atoms with Crippen molar-refractivity contribution in [3.8, 4) is 5.82 Å². The zero-order valence-corrected chi connectivity index (χ0v) is 7.12. The van der Waals surface area contributed by atoms with Crippen molar-refractivity contribution in [2.75, 3.05) is 0 Å². The Balaban J connectivity index is 2.36. The molecule has 3 aromatic rings. The van der Waals surface area contributed by atoms with Crippen LogP contribution in [-0.4, -0.2) is 29.7 Å². The fourth-order valence-electron chi connectivity index (χ4n) is 1.32. The van der Waals surface area contributed by atoms with Gasteiger partial charge in [-0.05, 0) is 6.07 Å². The van der Waals surface area contributed by atoms with Crippen LogP contribution in [0, 0.1) is 0 Å². The van der Waals surface area contributed by atoms with Crippen molar-refractivity contribution in [2.24, 2.45) is 0 Å². The highest BCUT2D eigenvalue weighted by Crippen LogP contribution is 2.12. The molecule has 0 bridgehead atoms. The number of aromatic nitrogens is 6. The molecule has 0 atom stereocenters. The van der Waals surface area contributed by atoms with Crippen LogP contribution in [0.1, 0.15) is 0 Å². The van der Waals surface area contributed by atoms with Crippen LogP contribution in [0.15, 0.2) is 31.1 Å². The molecule has 3 aromatic heterocycles. The first-order valence-corrected chi connectivity index (χ1v) is 4.09. The first kappa shape index (κ1) is 7.19. The standard InChI is InChI=1S/C8H6N6/c1-2-13-14(3-1)8-6-7(10-4-9-6)11-5-12-8/h1-5H,(H,9,10,11,12). The maximum Gasteiger partial charge on any atom is 0.182 e. The lowest BCUT2D eigenvalue weighted by Crippen LogP contribution is -1.99. The smallest absolute Gasteiger partial charge is 0.182 e. The molecule has 3 heterocycles. The van der Waals surface area contributed by atoms with Gasteiger partial charge in [0, 0.05) is 12.4 Å². The van der Waals surface area contributed by atoms with Gasteiger partial charge in [0.1, 0.15) is 11.8 Å². The van der Waals surface area contributed by atoms with E-state index in [0.717, 1.165) is 5.52 Å². The first-order valence-electron chi connectivity index (χ1n) is 4.09. The van der Waals surface area contributed by atoms with Gasteiger partial charge in [-0.15, -0.1) is 0 Å². The van der Waals surface area contributed by atoms with Crippen molar-refractivity contribution in [3.05, 3.63) is 31.1 Å². The van der Waals surface area contributed by atoms with Crippen molar-refractivity contribution in [1.29, 1.82) is 0 Å². The molecule has 0 fully saturated rings. The normalized spacial score (nSPS) is 10.9. The Morgan fingerprint density at radius 1 is 1.21 bits per heavy atom. The van der Waals surface area contributed by atoms with Crippen molar-refractivity contribution in [3.63, 3.8) is 0 Å². The summed E-state index contributed by atoms with van der Waals surface area (Å²) in [6, 6.07) is 1.84. The van der Waals surface area contributed by atoms with E-state index in [0.29, 0.717) is 11.5 Å². The second kappa shape index (κ2) is 2.63. The van der Waals surface area contributed by atoms with Crippen LogP contribution in [0.25, 0.3) is 17.0 Å². The van der Waals surface area contributed by atoms with E-state index in [4.69, 9.17) is 0 Å². The number of hydrogen-bond donors (Lipinski definition) is 1. The summed E-state index contributed by atoms with van der Waals surface area (Å²) in [6.07, 6.45) is 6.58. The minimum atomic E-state index is 0.644. The van der Waals surface area contributed by atoms with Gasteiger partial charge in [-0.2, -0.15) is 5.10 Å². The summed E-state index contributed by atoms with van der Waals surface area (Å²) in [5.74, 6) is 0.706. The number of nitrogens with one attached hydrogen (secondary N) is 1. The molecular weight excluding hydrogens is 180 g/mol. The van der Waals surface area contributed by atoms with Crippen molar-refractivity contribution < 1.29 is 0 Å². The van der Waals surface area contributed by atoms with Crippen LogP contribution in [0.2, 0.25) is 0 Å². The topological polar surface area (TPSA) is 72.3 Å². The molecule has 0 aliphatic carbocycles. The molecule has 0 aliphatic rings. The highest BCUT2D eigenvalue weighted by atomic mass is 15.3. The Hall–Kier alpha value is -2.24. The molecule has 68 valence electrons. The molecule has 0 saturated heterocycles.